The summed E-state index contributed by atoms with van der Waals surface area (Å²) < 4.78 is 16.3. The molecule has 6 rings (SSSR count). The summed E-state index contributed by atoms with van der Waals surface area (Å²) in [7, 11) is 3.11. The third-order valence-electron chi connectivity index (χ3n) is 6.82. The molecule has 0 saturated carbocycles. The maximum atomic E-state index is 13.5. The number of methoxy groups -OCH3 is 2. The summed E-state index contributed by atoms with van der Waals surface area (Å²) in [6, 6.07) is 13.9. The van der Waals surface area contributed by atoms with Gasteiger partial charge in [0.2, 0.25) is 0 Å². The predicted molar refractivity (Wildman–Crippen MR) is 147 cm³/mol. The van der Waals surface area contributed by atoms with E-state index in [1.165, 1.54) is 54.5 Å². The van der Waals surface area contributed by atoms with Crippen LogP contribution < -0.4 is 39.6 Å². The fourth-order valence-electron chi connectivity index (χ4n) is 4.63. The van der Waals surface area contributed by atoms with Crippen molar-refractivity contribution in [2.24, 2.45) is 0 Å². The number of nitrogens with zero attached hydrogens (tertiary/aromatic N) is 4. The van der Waals surface area contributed by atoms with Crippen molar-refractivity contribution in [2.45, 2.75) is 13.8 Å². The molecule has 0 radical (unpaired) electrons. The van der Waals surface area contributed by atoms with E-state index in [0.717, 1.165) is 0 Å². The molecule has 0 aliphatic rings. The number of hydrogen-bond donors (Lipinski definition) is 0. The van der Waals surface area contributed by atoms with Crippen LogP contribution in [0.5, 0.6) is 23.3 Å². The lowest BCUT2D eigenvalue weighted by Crippen LogP contribution is -2.41. The van der Waals surface area contributed by atoms with Gasteiger partial charge in [-0.15, -0.1) is 9.13 Å². The fourth-order valence-corrected chi connectivity index (χ4v) is 6.67. The molecule has 0 saturated heterocycles. The monoisotopic (exact) mass is 574 g/mol. The predicted octanol–water partition coefficient (Wildman–Crippen LogP) is 2.04. The smallest absolute Gasteiger partial charge is 0.353 e. The lowest BCUT2D eigenvalue weighted by Gasteiger charge is -2.13. The maximum Gasteiger partial charge on any atom is 0.353 e. The van der Waals surface area contributed by atoms with Gasteiger partial charge in [-0.05, 0) is 62.4 Å². The van der Waals surface area contributed by atoms with Crippen LogP contribution in [-0.4, -0.2) is 23.4 Å². The van der Waals surface area contributed by atoms with E-state index in [1.807, 2.05) is 0 Å². The molecule has 0 bridgehead atoms. The summed E-state index contributed by atoms with van der Waals surface area (Å²) in [6.45, 7) is 2.98. The molecule has 0 aliphatic heterocycles. The van der Waals surface area contributed by atoms with E-state index in [2.05, 4.69) is 0 Å². The van der Waals surface area contributed by atoms with Crippen molar-refractivity contribution in [3.05, 3.63) is 91.1 Å². The Morgan fingerprint density at radius 2 is 1.00 bits per heavy atom. The Hall–Kier alpha value is -4.68. The van der Waals surface area contributed by atoms with Crippen LogP contribution in [0.4, 0.5) is 0 Å². The average molecular weight is 575 g/mol. The van der Waals surface area contributed by atoms with Crippen LogP contribution >= 0.6 is 22.7 Å². The first-order valence-electron chi connectivity index (χ1n) is 12.1. The quantitative estimate of drug-likeness (QED) is 0.291. The largest absolute Gasteiger partial charge is 0.842 e. The van der Waals surface area contributed by atoms with Crippen LogP contribution in [0.2, 0.25) is 0 Å². The van der Waals surface area contributed by atoms with E-state index in [-0.39, 0.29) is 11.1 Å². The Morgan fingerprint density at radius 1 is 0.650 bits per heavy atom. The van der Waals surface area contributed by atoms with Crippen LogP contribution in [0.1, 0.15) is 11.1 Å². The van der Waals surface area contributed by atoms with Crippen molar-refractivity contribution in [2.75, 3.05) is 14.2 Å². The number of rotatable bonds is 5. The molecular weight excluding hydrogens is 552 g/mol. The lowest BCUT2D eigenvalue weighted by molar-refractivity contribution is -0.601. The van der Waals surface area contributed by atoms with Gasteiger partial charge in [0.05, 0.1) is 47.9 Å². The molecule has 12 heteroatoms. The first-order chi connectivity index (χ1) is 19.3. The molecule has 0 amide bonds. The van der Waals surface area contributed by atoms with Crippen molar-refractivity contribution in [3.8, 4) is 46.0 Å². The van der Waals surface area contributed by atoms with E-state index in [9.17, 15) is 19.8 Å². The zero-order chi connectivity index (χ0) is 28.3. The molecule has 0 atom stereocenters. The van der Waals surface area contributed by atoms with Crippen LogP contribution in [0.15, 0.2) is 68.9 Å². The molecule has 4 heterocycles. The highest BCUT2D eigenvalue weighted by Crippen LogP contribution is 2.28. The summed E-state index contributed by atoms with van der Waals surface area (Å²) >= 11 is 2.42. The average Bonchev–Trinajstić information content (AvgIpc) is 3.60. The minimum atomic E-state index is -0.478. The van der Waals surface area contributed by atoms with E-state index < -0.39 is 22.9 Å². The molecule has 40 heavy (non-hydrogen) atoms. The highest BCUT2D eigenvalue weighted by atomic mass is 32.1. The van der Waals surface area contributed by atoms with Gasteiger partial charge in [0.25, 0.3) is 0 Å². The van der Waals surface area contributed by atoms with Gasteiger partial charge in [-0.1, -0.05) is 22.7 Å². The number of ether oxygens (including phenoxy) is 2. The first kappa shape index (κ1) is 25.6. The van der Waals surface area contributed by atoms with Crippen LogP contribution in [-0.2, 0) is 0 Å². The molecule has 0 fully saturated rings. The molecule has 6 aromatic rings. The molecule has 0 spiro atoms. The van der Waals surface area contributed by atoms with E-state index >= 15 is 0 Å². The summed E-state index contributed by atoms with van der Waals surface area (Å²) in [6.07, 6.45) is 0. The number of thiazole rings is 2. The van der Waals surface area contributed by atoms with Gasteiger partial charge >= 0.3 is 21.0 Å². The molecule has 10 nitrogen and oxygen atoms in total. The van der Waals surface area contributed by atoms with Gasteiger partial charge in [-0.25, -0.2) is 9.59 Å². The topological polar surface area (TPSA) is 117 Å². The summed E-state index contributed by atoms with van der Waals surface area (Å²) in [5.74, 6) is 0.307. The standard InChI is InChI=1S/C28H22N4O6S2/c1-15-23(33)29(17-5-9-19(37-3)10-6-17)27-31(25(15)35)21(13-39-27)22-14-40-28-30(18-7-11-20(38-4)12-8-18)24(34)16(2)26(36)32(22)28/h5-14H,1-4H3. The van der Waals surface area contributed by atoms with Crippen molar-refractivity contribution < 1.29 is 28.5 Å². The molecule has 202 valence electrons. The summed E-state index contributed by atoms with van der Waals surface area (Å²) in [5, 5.41) is 30.4. The van der Waals surface area contributed by atoms with Gasteiger partial charge in [0, 0.05) is 0 Å². The molecule has 2 aromatic carbocycles. The van der Waals surface area contributed by atoms with Crippen molar-refractivity contribution >= 4 is 32.6 Å². The van der Waals surface area contributed by atoms with Crippen molar-refractivity contribution in [1.82, 2.24) is 9.13 Å². The Morgan fingerprint density at radius 3 is 1.32 bits per heavy atom. The highest BCUT2D eigenvalue weighted by Gasteiger charge is 2.30. The van der Waals surface area contributed by atoms with Crippen molar-refractivity contribution in [3.63, 3.8) is 0 Å². The molecule has 4 aromatic heterocycles. The maximum absolute atomic E-state index is 13.5. The van der Waals surface area contributed by atoms with Crippen molar-refractivity contribution in [1.29, 1.82) is 0 Å². The number of benzene rings is 2. The third-order valence-corrected chi connectivity index (χ3v) is 8.65. The van der Waals surface area contributed by atoms with Gasteiger partial charge in [-0.3, -0.25) is 0 Å². The fraction of sp³-hybridized carbons (Fsp3) is 0.143. The van der Waals surface area contributed by atoms with Gasteiger partial charge < -0.3 is 19.7 Å². The Kier molecular flexibility index (Phi) is 6.08. The SMILES string of the molecule is COc1ccc(-n2c(=O)c(C)c([O-])[n+]3c(-c4csc5n(-c6ccc(OC)cc6)c(=O)c(C)c([O-])[n+]45)csc23)cc1. The summed E-state index contributed by atoms with van der Waals surface area (Å²) in [4.78, 5) is 27.3. The Bertz CT molecular complexity index is 1910. The Labute approximate surface area is 235 Å². The minimum Gasteiger partial charge on any atom is -0.842 e. The molecule has 0 aliphatic carbocycles. The second-order valence-electron chi connectivity index (χ2n) is 9.02. The lowest BCUT2D eigenvalue weighted by atomic mass is 10.2. The van der Waals surface area contributed by atoms with Crippen LogP contribution in [0, 0.1) is 13.8 Å². The van der Waals surface area contributed by atoms with Gasteiger partial charge in [0.15, 0.2) is 11.4 Å². The molecule has 0 unspecified atom stereocenters. The zero-order valence-corrected chi connectivity index (χ0v) is 23.5. The normalized spacial score (nSPS) is 11.4. The number of aromatic nitrogens is 4. The third kappa shape index (κ3) is 3.67. The van der Waals surface area contributed by atoms with Crippen LogP contribution in [0.3, 0.4) is 0 Å². The highest BCUT2D eigenvalue weighted by molar-refractivity contribution is 7.15. The van der Waals surface area contributed by atoms with Gasteiger partial charge in [-0.2, -0.15) is 8.80 Å². The molecular formula is C28H22N4O6S2. The number of fused-ring (bicyclic) bond motifs is 2. The summed E-state index contributed by atoms with van der Waals surface area (Å²) in [5.41, 5.74) is 1.20. The van der Waals surface area contributed by atoms with E-state index in [0.29, 0.717) is 44.2 Å². The zero-order valence-electron chi connectivity index (χ0n) is 21.8. The van der Waals surface area contributed by atoms with Gasteiger partial charge in [0.1, 0.15) is 22.9 Å². The van der Waals surface area contributed by atoms with E-state index in [1.54, 1.807) is 73.5 Å². The number of hydrogen-bond acceptors (Lipinski definition) is 8. The second-order valence-corrected chi connectivity index (χ2v) is 10.7. The van der Waals surface area contributed by atoms with Crippen LogP contribution in [0.25, 0.3) is 32.7 Å². The minimum absolute atomic E-state index is 0.0335. The second kappa shape index (κ2) is 9.50. The molecule has 0 N–H and O–H groups in total. The Balaban J connectivity index is 1.65. The van der Waals surface area contributed by atoms with E-state index in [4.69, 9.17) is 9.47 Å². The first-order valence-corrected chi connectivity index (χ1v) is 13.8.